The molecule has 5 aliphatic rings. The Labute approximate surface area is 243 Å². The number of rotatable bonds is 9. The lowest BCUT2D eigenvalue weighted by Crippen LogP contribution is -2.62. The van der Waals surface area contributed by atoms with Gasteiger partial charge in [0.2, 0.25) is 5.91 Å². The number of amides is 1. The molecule has 0 spiro atoms. The van der Waals surface area contributed by atoms with Crippen LogP contribution in [0.25, 0.3) is 0 Å². The van der Waals surface area contributed by atoms with Gasteiger partial charge in [-0.25, -0.2) is 4.79 Å². The summed E-state index contributed by atoms with van der Waals surface area (Å²) in [6.07, 6.45) is 11.5. The summed E-state index contributed by atoms with van der Waals surface area (Å²) in [6.45, 7) is 4.87. The number of ether oxygens (including phenoxy) is 3. The van der Waals surface area contributed by atoms with E-state index in [1.165, 1.54) is 7.11 Å². The van der Waals surface area contributed by atoms with E-state index >= 15 is 0 Å². The van der Waals surface area contributed by atoms with Crippen molar-refractivity contribution >= 4 is 23.8 Å². The minimum atomic E-state index is -0.734. The number of nitrogens with one attached hydrogen (secondary N) is 1. The fourth-order valence-corrected chi connectivity index (χ4v) is 9.62. The molecule has 4 saturated carbocycles. The number of hydrogen-bond donors (Lipinski definition) is 2. The summed E-state index contributed by atoms with van der Waals surface area (Å²) in [6, 6.07) is 0. The maximum absolute atomic E-state index is 12.5. The Bertz CT molecular complexity index is 1090. The summed E-state index contributed by atoms with van der Waals surface area (Å²) in [7, 11) is 1.34. The number of hydrogen-bond acceptors (Lipinski definition) is 8. The summed E-state index contributed by atoms with van der Waals surface area (Å²) in [5.74, 6) is 0.140. The predicted molar refractivity (Wildman–Crippen MR) is 149 cm³/mol. The molecule has 228 valence electrons. The lowest BCUT2D eigenvalue weighted by atomic mass is 9.43. The molecular formula is C32H47NO8. The number of unbranched alkanes of at least 4 members (excludes halogenated alkanes) is 1. The van der Waals surface area contributed by atoms with Gasteiger partial charge in [0.1, 0.15) is 19.3 Å². The maximum atomic E-state index is 12.5. The fourth-order valence-electron chi connectivity index (χ4n) is 9.62. The van der Waals surface area contributed by atoms with Gasteiger partial charge in [-0.15, -0.1) is 0 Å². The van der Waals surface area contributed by atoms with E-state index in [9.17, 15) is 24.3 Å². The van der Waals surface area contributed by atoms with E-state index in [4.69, 9.17) is 9.47 Å². The number of fused-ring (bicyclic) bond motifs is 5. The monoisotopic (exact) mass is 573 g/mol. The van der Waals surface area contributed by atoms with Crippen LogP contribution in [0.4, 0.5) is 0 Å². The Kier molecular flexibility index (Phi) is 8.57. The van der Waals surface area contributed by atoms with Crippen molar-refractivity contribution in [2.24, 2.45) is 34.5 Å². The molecule has 8 atom stereocenters. The predicted octanol–water partition coefficient (Wildman–Crippen LogP) is 4.00. The number of esters is 3. The van der Waals surface area contributed by atoms with Crippen LogP contribution in [0.15, 0.2) is 11.6 Å². The Balaban J connectivity index is 1.13. The highest BCUT2D eigenvalue weighted by Gasteiger charge is 2.67. The van der Waals surface area contributed by atoms with Crippen molar-refractivity contribution in [1.82, 2.24) is 5.32 Å². The van der Waals surface area contributed by atoms with Crippen LogP contribution in [0.5, 0.6) is 0 Å². The zero-order chi connectivity index (χ0) is 29.4. The highest BCUT2D eigenvalue weighted by atomic mass is 16.5. The molecule has 4 aliphatic carbocycles. The first-order chi connectivity index (χ1) is 19.5. The number of carbonyl (C=O) groups is 4. The summed E-state index contributed by atoms with van der Waals surface area (Å²) in [5, 5.41) is 15.0. The van der Waals surface area contributed by atoms with E-state index in [0.29, 0.717) is 31.3 Å². The molecule has 1 heterocycles. The molecule has 0 aromatic carbocycles. The molecule has 4 fully saturated rings. The molecule has 0 aromatic heterocycles. The minimum Gasteiger partial charge on any atom is -0.469 e. The van der Waals surface area contributed by atoms with Crippen molar-refractivity contribution in [3.63, 3.8) is 0 Å². The van der Waals surface area contributed by atoms with E-state index in [-0.39, 0.29) is 66.0 Å². The van der Waals surface area contributed by atoms with Crippen LogP contribution >= 0.6 is 0 Å². The molecule has 0 radical (unpaired) electrons. The summed E-state index contributed by atoms with van der Waals surface area (Å²) in [4.78, 5) is 47.6. The molecule has 9 nitrogen and oxygen atoms in total. The van der Waals surface area contributed by atoms with Gasteiger partial charge in [-0.2, -0.15) is 0 Å². The Morgan fingerprint density at radius 2 is 1.78 bits per heavy atom. The molecule has 9 heteroatoms. The molecular weight excluding hydrogens is 526 g/mol. The van der Waals surface area contributed by atoms with Crippen LogP contribution in [-0.2, 0) is 33.4 Å². The van der Waals surface area contributed by atoms with Crippen molar-refractivity contribution in [2.75, 3.05) is 20.3 Å². The Morgan fingerprint density at radius 1 is 1.00 bits per heavy atom. The zero-order valence-corrected chi connectivity index (χ0v) is 24.9. The highest BCUT2D eigenvalue weighted by molar-refractivity contribution is 5.85. The first-order valence-electron chi connectivity index (χ1n) is 15.6. The van der Waals surface area contributed by atoms with E-state index in [1.807, 2.05) is 0 Å². The third-order valence-electron chi connectivity index (χ3n) is 11.9. The van der Waals surface area contributed by atoms with Gasteiger partial charge in [0, 0.05) is 24.3 Å². The molecule has 1 aliphatic heterocycles. The average Bonchev–Trinajstić information content (AvgIpc) is 3.49. The van der Waals surface area contributed by atoms with Gasteiger partial charge in [0.15, 0.2) is 0 Å². The Morgan fingerprint density at radius 3 is 2.51 bits per heavy atom. The van der Waals surface area contributed by atoms with Gasteiger partial charge in [0.25, 0.3) is 0 Å². The zero-order valence-electron chi connectivity index (χ0n) is 24.9. The minimum absolute atomic E-state index is 0.102. The van der Waals surface area contributed by atoms with Gasteiger partial charge in [-0.1, -0.05) is 13.8 Å². The molecule has 1 amide bonds. The lowest BCUT2D eigenvalue weighted by Gasteiger charge is -2.63. The van der Waals surface area contributed by atoms with Gasteiger partial charge >= 0.3 is 17.9 Å². The van der Waals surface area contributed by atoms with E-state index in [2.05, 4.69) is 23.9 Å². The van der Waals surface area contributed by atoms with Crippen LogP contribution < -0.4 is 5.32 Å². The average molecular weight is 574 g/mol. The highest BCUT2D eigenvalue weighted by Crippen LogP contribution is 2.70. The summed E-state index contributed by atoms with van der Waals surface area (Å²) < 4.78 is 15.7. The third kappa shape index (κ3) is 5.55. The number of carbonyl (C=O) groups excluding carboxylic acids is 4. The van der Waals surface area contributed by atoms with E-state index < -0.39 is 11.6 Å². The summed E-state index contributed by atoms with van der Waals surface area (Å²) >= 11 is 0. The van der Waals surface area contributed by atoms with Crippen molar-refractivity contribution in [3.05, 3.63) is 11.6 Å². The van der Waals surface area contributed by atoms with Crippen LogP contribution in [0.2, 0.25) is 0 Å². The largest absolute Gasteiger partial charge is 0.469 e. The first kappa shape index (κ1) is 30.1. The standard InChI is InChI=1S/C32H47NO8/c1-30-13-10-22(41-29(37)18-33-26(34)6-4-5-7-27(35)39-3)17-21(30)8-9-25-24(30)11-14-31(2)23(12-15-32(25,31)38)20-16-28(36)40-19-20/h16,21-25,38H,4-15,17-19H2,1-3H3,(H,33,34)/t21-,22+,23+,24+,25-,30+,31-,32?/m1/s1. The molecule has 41 heavy (non-hydrogen) atoms. The van der Waals surface area contributed by atoms with Crippen molar-refractivity contribution in [2.45, 2.75) is 109 Å². The SMILES string of the molecule is COC(=O)CCCCC(=O)NCC(=O)O[C@H]1CC[C@@]2(C)[C@H](CC[C@@H]3[C@@H]2CC[C@]2(C)[C@H](C4=CC(=O)OC4)CCC32O)C1. The van der Waals surface area contributed by atoms with Crippen molar-refractivity contribution in [1.29, 1.82) is 0 Å². The van der Waals surface area contributed by atoms with Gasteiger partial charge in [-0.05, 0) is 105 Å². The van der Waals surface area contributed by atoms with Crippen molar-refractivity contribution in [3.8, 4) is 0 Å². The first-order valence-corrected chi connectivity index (χ1v) is 15.6. The molecule has 1 unspecified atom stereocenters. The molecule has 0 saturated heterocycles. The third-order valence-corrected chi connectivity index (χ3v) is 11.9. The normalized spacial score (nSPS) is 39.5. The van der Waals surface area contributed by atoms with E-state index in [0.717, 1.165) is 63.4 Å². The quantitative estimate of drug-likeness (QED) is 0.241. The van der Waals surface area contributed by atoms with E-state index in [1.54, 1.807) is 6.08 Å². The number of aliphatic hydroxyl groups is 1. The molecule has 0 aromatic rings. The second-order valence-corrected chi connectivity index (χ2v) is 13.7. The summed E-state index contributed by atoms with van der Waals surface area (Å²) in [5.41, 5.74) is 0.187. The number of methoxy groups -OCH3 is 1. The molecule has 5 rings (SSSR count). The topological polar surface area (TPSA) is 128 Å². The second kappa shape index (κ2) is 11.7. The van der Waals surface area contributed by atoms with Crippen LogP contribution in [0, 0.1) is 34.5 Å². The van der Waals surface area contributed by atoms with Crippen LogP contribution in [-0.4, -0.2) is 60.9 Å². The Hall–Kier alpha value is -2.42. The molecule has 0 bridgehead atoms. The van der Waals surface area contributed by atoms with Gasteiger partial charge < -0.3 is 24.6 Å². The van der Waals surface area contributed by atoms with Crippen molar-refractivity contribution < 1.29 is 38.5 Å². The fraction of sp³-hybridized carbons (Fsp3) is 0.812. The maximum Gasteiger partial charge on any atom is 0.331 e. The lowest BCUT2D eigenvalue weighted by molar-refractivity contribution is -0.210. The number of cyclic esters (lactones) is 1. The second-order valence-electron chi connectivity index (χ2n) is 13.7. The van der Waals surface area contributed by atoms with Crippen LogP contribution in [0.3, 0.4) is 0 Å². The molecule has 2 N–H and O–H groups in total. The smallest absolute Gasteiger partial charge is 0.331 e. The van der Waals surface area contributed by atoms with Gasteiger partial charge in [0.05, 0.1) is 12.7 Å². The van der Waals surface area contributed by atoms with Crippen LogP contribution in [0.1, 0.15) is 97.3 Å². The van der Waals surface area contributed by atoms with Gasteiger partial charge in [-0.3, -0.25) is 14.4 Å².